The molecule has 6 nitrogen and oxygen atoms in total. The van der Waals surface area contributed by atoms with Gasteiger partial charge in [-0.25, -0.2) is 8.42 Å². The molecular weight excluding hydrogens is 364 g/mol. The van der Waals surface area contributed by atoms with E-state index in [4.69, 9.17) is 0 Å². The number of para-hydroxylation sites is 1. The summed E-state index contributed by atoms with van der Waals surface area (Å²) in [5.41, 5.74) is 2.68. The topological polar surface area (TPSA) is 83.6 Å². The van der Waals surface area contributed by atoms with E-state index in [1.165, 1.54) is 11.2 Å². The summed E-state index contributed by atoms with van der Waals surface area (Å²) in [6.45, 7) is 3.46. The Hall–Kier alpha value is -2.67. The minimum absolute atomic E-state index is 0.0123. The van der Waals surface area contributed by atoms with Gasteiger partial charge in [-0.2, -0.15) is 0 Å². The van der Waals surface area contributed by atoms with Gasteiger partial charge in [-0.1, -0.05) is 25.1 Å². The Morgan fingerprint density at radius 1 is 1.04 bits per heavy atom. The first-order chi connectivity index (χ1) is 12.7. The molecule has 27 heavy (non-hydrogen) atoms. The molecule has 0 saturated carbocycles. The van der Waals surface area contributed by atoms with Gasteiger partial charge in [0.15, 0.2) is 5.78 Å². The third-order valence-electron chi connectivity index (χ3n) is 4.18. The number of carbonyl (C=O) groups is 2. The molecule has 0 unspecified atom stereocenters. The number of carbonyl (C=O) groups excluding carboxylic acids is 2. The van der Waals surface area contributed by atoms with Crippen LogP contribution in [-0.4, -0.2) is 32.9 Å². The molecule has 2 aromatic rings. The Kier molecular flexibility index (Phi) is 6.74. The molecule has 2 aromatic carbocycles. The maximum absolute atomic E-state index is 12.3. The molecular formula is C20H24N2O4S. The van der Waals surface area contributed by atoms with Crippen molar-refractivity contribution in [3.8, 4) is 0 Å². The molecule has 0 fully saturated rings. The van der Waals surface area contributed by atoms with Crippen LogP contribution in [0.3, 0.4) is 0 Å². The fourth-order valence-corrected chi connectivity index (χ4v) is 3.64. The SMILES string of the molecule is CCc1ccccc1NC(=O)CCN(c1ccc(C(C)=O)cc1)S(C)(=O)=O. The molecule has 0 saturated heterocycles. The number of sulfonamides is 1. The Labute approximate surface area is 160 Å². The predicted octanol–water partition coefficient (Wildman–Crippen LogP) is 3.25. The number of nitrogens with one attached hydrogen (secondary N) is 1. The van der Waals surface area contributed by atoms with Crippen LogP contribution in [0.5, 0.6) is 0 Å². The van der Waals surface area contributed by atoms with Gasteiger partial charge in [0.25, 0.3) is 0 Å². The Bertz CT molecular complexity index is 921. The highest BCUT2D eigenvalue weighted by molar-refractivity contribution is 7.92. The molecule has 0 atom stereocenters. The number of hydrogen-bond acceptors (Lipinski definition) is 4. The molecule has 0 heterocycles. The highest BCUT2D eigenvalue weighted by atomic mass is 32.2. The zero-order valence-corrected chi connectivity index (χ0v) is 16.5. The smallest absolute Gasteiger partial charge is 0.232 e. The average molecular weight is 388 g/mol. The number of Topliss-reactive ketones (excluding diaryl/α,β-unsaturated/α-hetero) is 1. The largest absolute Gasteiger partial charge is 0.326 e. The van der Waals surface area contributed by atoms with E-state index in [0.717, 1.165) is 23.9 Å². The standard InChI is InChI=1S/C20H24N2O4S/c1-4-16-7-5-6-8-19(16)21-20(24)13-14-22(27(3,25)26)18-11-9-17(10-12-18)15(2)23/h5-12H,4,13-14H2,1-3H3,(H,21,24). The van der Waals surface area contributed by atoms with Crippen molar-refractivity contribution in [3.05, 3.63) is 59.7 Å². The summed E-state index contributed by atoms with van der Waals surface area (Å²) in [7, 11) is -3.56. The summed E-state index contributed by atoms with van der Waals surface area (Å²) < 4.78 is 25.5. The average Bonchev–Trinajstić information content (AvgIpc) is 2.61. The quantitative estimate of drug-likeness (QED) is 0.704. The van der Waals surface area contributed by atoms with Crippen LogP contribution in [0.4, 0.5) is 11.4 Å². The predicted molar refractivity (Wildman–Crippen MR) is 108 cm³/mol. The van der Waals surface area contributed by atoms with Crippen LogP contribution < -0.4 is 9.62 Å². The first kappa shape index (κ1) is 20.6. The van der Waals surface area contributed by atoms with Crippen molar-refractivity contribution in [3.63, 3.8) is 0 Å². The van der Waals surface area contributed by atoms with E-state index < -0.39 is 10.0 Å². The summed E-state index contributed by atoms with van der Waals surface area (Å²) in [5, 5.41) is 2.84. The lowest BCUT2D eigenvalue weighted by Crippen LogP contribution is -2.33. The molecule has 0 aliphatic heterocycles. The summed E-state index contributed by atoms with van der Waals surface area (Å²) >= 11 is 0. The van der Waals surface area contributed by atoms with Crippen molar-refractivity contribution in [1.29, 1.82) is 0 Å². The van der Waals surface area contributed by atoms with Crippen LogP contribution in [0.25, 0.3) is 0 Å². The summed E-state index contributed by atoms with van der Waals surface area (Å²) in [4.78, 5) is 23.7. The van der Waals surface area contributed by atoms with Crippen LogP contribution in [0, 0.1) is 0 Å². The number of aryl methyl sites for hydroxylation is 1. The van der Waals surface area contributed by atoms with Crippen molar-refractivity contribution in [2.75, 3.05) is 22.4 Å². The van der Waals surface area contributed by atoms with Crippen LogP contribution in [0.2, 0.25) is 0 Å². The zero-order valence-electron chi connectivity index (χ0n) is 15.7. The van der Waals surface area contributed by atoms with E-state index in [2.05, 4.69) is 5.32 Å². The normalized spacial score (nSPS) is 11.1. The lowest BCUT2D eigenvalue weighted by molar-refractivity contribution is -0.116. The molecule has 0 aromatic heterocycles. The second kappa shape index (κ2) is 8.81. The number of hydrogen-bond donors (Lipinski definition) is 1. The van der Waals surface area contributed by atoms with Crippen molar-refractivity contribution in [2.45, 2.75) is 26.7 Å². The molecule has 2 rings (SSSR count). The third kappa shape index (κ3) is 5.65. The van der Waals surface area contributed by atoms with E-state index in [0.29, 0.717) is 11.3 Å². The van der Waals surface area contributed by atoms with Crippen LogP contribution in [-0.2, 0) is 21.2 Å². The van der Waals surface area contributed by atoms with Gasteiger partial charge in [0, 0.05) is 24.2 Å². The number of benzene rings is 2. The Morgan fingerprint density at radius 2 is 1.67 bits per heavy atom. The summed E-state index contributed by atoms with van der Waals surface area (Å²) in [6, 6.07) is 13.8. The summed E-state index contributed by atoms with van der Waals surface area (Å²) in [5.74, 6) is -0.355. The van der Waals surface area contributed by atoms with Crippen molar-refractivity contribution >= 4 is 33.1 Å². The summed E-state index contributed by atoms with van der Waals surface area (Å²) in [6.07, 6.45) is 1.89. The van der Waals surface area contributed by atoms with Crippen LogP contribution in [0.15, 0.2) is 48.5 Å². The molecule has 144 valence electrons. The van der Waals surface area contributed by atoms with Gasteiger partial charge >= 0.3 is 0 Å². The van der Waals surface area contributed by atoms with Crippen LogP contribution in [0.1, 0.15) is 36.2 Å². The molecule has 0 spiro atoms. The number of amides is 1. The van der Waals surface area contributed by atoms with Crippen molar-refractivity contribution in [2.24, 2.45) is 0 Å². The van der Waals surface area contributed by atoms with Gasteiger partial charge in [0.05, 0.1) is 11.9 Å². The molecule has 0 radical (unpaired) electrons. The van der Waals surface area contributed by atoms with Gasteiger partial charge in [0.1, 0.15) is 0 Å². The van der Waals surface area contributed by atoms with Gasteiger partial charge in [-0.15, -0.1) is 0 Å². The number of ketones is 1. The van der Waals surface area contributed by atoms with Gasteiger partial charge in [-0.05, 0) is 49.2 Å². The minimum atomic E-state index is -3.56. The second-order valence-corrected chi connectivity index (χ2v) is 8.15. The zero-order chi connectivity index (χ0) is 20.0. The lowest BCUT2D eigenvalue weighted by atomic mass is 10.1. The third-order valence-corrected chi connectivity index (χ3v) is 5.37. The number of anilines is 2. The van der Waals surface area contributed by atoms with Gasteiger partial charge in [-0.3, -0.25) is 13.9 Å². The first-order valence-electron chi connectivity index (χ1n) is 8.69. The number of rotatable bonds is 8. The molecule has 1 amide bonds. The van der Waals surface area contributed by atoms with E-state index in [9.17, 15) is 18.0 Å². The molecule has 1 N–H and O–H groups in total. The van der Waals surface area contributed by atoms with Crippen molar-refractivity contribution in [1.82, 2.24) is 0 Å². The van der Waals surface area contributed by atoms with Gasteiger partial charge < -0.3 is 5.32 Å². The Morgan fingerprint density at radius 3 is 2.22 bits per heavy atom. The minimum Gasteiger partial charge on any atom is -0.326 e. The van der Waals surface area contributed by atoms with E-state index in [-0.39, 0.29) is 24.7 Å². The fraction of sp³-hybridized carbons (Fsp3) is 0.300. The highest BCUT2D eigenvalue weighted by Crippen LogP contribution is 2.20. The van der Waals surface area contributed by atoms with Crippen molar-refractivity contribution < 1.29 is 18.0 Å². The molecule has 7 heteroatoms. The Balaban J connectivity index is 2.11. The molecule has 0 aliphatic carbocycles. The second-order valence-electron chi connectivity index (χ2n) is 6.25. The number of nitrogens with zero attached hydrogens (tertiary/aromatic N) is 1. The lowest BCUT2D eigenvalue weighted by Gasteiger charge is -2.22. The molecule has 0 bridgehead atoms. The molecule has 0 aliphatic rings. The van der Waals surface area contributed by atoms with E-state index in [1.807, 2.05) is 31.2 Å². The van der Waals surface area contributed by atoms with Gasteiger partial charge in [0.2, 0.25) is 15.9 Å². The maximum Gasteiger partial charge on any atom is 0.232 e. The maximum atomic E-state index is 12.3. The fourth-order valence-electron chi connectivity index (χ4n) is 2.72. The van der Waals surface area contributed by atoms with E-state index in [1.54, 1.807) is 24.3 Å². The monoisotopic (exact) mass is 388 g/mol. The van der Waals surface area contributed by atoms with E-state index >= 15 is 0 Å². The highest BCUT2D eigenvalue weighted by Gasteiger charge is 2.19. The van der Waals surface area contributed by atoms with Crippen LogP contribution >= 0.6 is 0 Å². The first-order valence-corrected chi connectivity index (χ1v) is 10.5.